The maximum absolute atomic E-state index is 5.07. The highest BCUT2D eigenvalue weighted by Gasteiger charge is 2.04. The first kappa shape index (κ1) is 13.3. The second-order valence-electron chi connectivity index (χ2n) is 4.23. The van der Waals surface area contributed by atoms with E-state index in [-0.39, 0.29) is 0 Å². The molecule has 0 saturated carbocycles. The van der Waals surface area contributed by atoms with Crippen LogP contribution in [0.25, 0.3) is 0 Å². The maximum atomic E-state index is 5.07. The molecule has 2 N–H and O–H groups in total. The Kier molecular flexibility index (Phi) is 4.30. The van der Waals surface area contributed by atoms with Crippen LogP contribution in [0.4, 0.5) is 17.3 Å². The number of ether oxygens (including phenoxy) is 1. The lowest BCUT2D eigenvalue weighted by Gasteiger charge is -2.09. The molecule has 5 nitrogen and oxygen atoms in total. The van der Waals surface area contributed by atoms with Crippen LogP contribution in [-0.2, 0) is 11.3 Å². The van der Waals surface area contributed by atoms with Crippen LogP contribution < -0.4 is 10.6 Å². The predicted octanol–water partition coefficient (Wildman–Crippen LogP) is 2.72. The fourth-order valence-electron chi connectivity index (χ4n) is 1.67. The smallest absolute Gasteiger partial charge is 0.158 e. The average Bonchev–Trinajstić information content (AvgIpc) is 2.41. The summed E-state index contributed by atoms with van der Waals surface area (Å²) in [5.41, 5.74) is 2.22. The van der Waals surface area contributed by atoms with Gasteiger partial charge in [0.1, 0.15) is 18.2 Å². The van der Waals surface area contributed by atoms with E-state index in [4.69, 9.17) is 4.74 Å². The predicted molar refractivity (Wildman–Crippen MR) is 76.8 cm³/mol. The Bertz CT molecular complexity index is 540. The molecule has 0 aliphatic carbocycles. The van der Waals surface area contributed by atoms with Crippen molar-refractivity contribution in [1.82, 2.24) is 9.97 Å². The molecule has 0 saturated heterocycles. The van der Waals surface area contributed by atoms with E-state index in [1.165, 1.54) is 5.56 Å². The molecule has 0 radical (unpaired) electrons. The van der Waals surface area contributed by atoms with E-state index in [2.05, 4.69) is 39.7 Å². The Morgan fingerprint density at radius 3 is 2.42 bits per heavy atom. The molecule has 19 heavy (non-hydrogen) atoms. The number of aromatic nitrogens is 2. The van der Waals surface area contributed by atoms with E-state index in [1.807, 2.05) is 25.2 Å². The summed E-state index contributed by atoms with van der Waals surface area (Å²) in [6, 6.07) is 10.0. The molecule has 0 aliphatic rings. The number of nitrogens with zero attached hydrogens (tertiary/aromatic N) is 2. The highest BCUT2D eigenvalue weighted by molar-refractivity contribution is 5.59. The maximum Gasteiger partial charge on any atom is 0.158 e. The minimum absolute atomic E-state index is 0.387. The fraction of sp³-hybridized carbons (Fsp3) is 0.286. The summed E-state index contributed by atoms with van der Waals surface area (Å²) in [5, 5.41) is 6.27. The van der Waals surface area contributed by atoms with Crippen LogP contribution in [0.3, 0.4) is 0 Å². The molecule has 2 aromatic rings. The summed E-state index contributed by atoms with van der Waals surface area (Å²) in [5.74, 6) is 2.15. The summed E-state index contributed by atoms with van der Waals surface area (Å²) in [4.78, 5) is 8.71. The number of benzene rings is 1. The normalized spacial score (nSPS) is 10.3. The van der Waals surface area contributed by atoms with Gasteiger partial charge in [-0.25, -0.2) is 9.97 Å². The quantitative estimate of drug-likeness (QED) is 0.863. The molecule has 1 heterocycles. The lowest BCUT2D eigenvalue weighted by molar-refractivity contribution is 0.178. The van der Waals surface area contributed by atoms with Crippen LogP contribution in [0.2, 0.25) is 0 Å². The van der Waals surface area contributed by atoms with Gasteiger partial charge in [0.25, 0.3) is 0 Å². The number of methoxy groups -OCH3 is 1. The lowest BCUT2D eigenvalue weighted by atomic mass is 10.2. The molecule has 0 fully saturated rings. The van der Waals surface area contributed by atoms with Crippen molar-refractivity contribution in [2.75, 3.05) is 24.8 Å². The van der Waals surface area contributed by atoms with Gasteiger partial charge >= 0.3 is 0 Å². The first-order chi connectivity index (χ1) is 9.21. The van der Waals surface area contributed by atoms with Gasteiger partial charge in [-0.05, 0) is 19.1 Å². The van der Waals surface area contributed by atoms with Gasteiger partial charge in [-0.1, -0.05) is 17.7 Å². The molecule has 2 rings (SSSR count). The number of hydrogen-bond acceptors (Lipinski definition) is 5. The average molecular weight is 258 g/mol. The van der Waals surface area contributed by atoms with Gasteiger partial charge in [-0.3, -0.25) is 0 Å². The summed E-state index contributed by atoms with van der Waals surface area (Å²) in [7, 11) is 3.46. The molecule has 0 bridgehead atoms. The van der Waals surface area contributed by atoms with E-state index in [0.717, 1.165) is 17.3 Å². The molecule has 5 heteroatoms. The largest absolute Gasteiger partial charge is 0.377 e. The van der Waals surface area contributed by atoms with Crippen molar-refractivity contribution in [3.63, 3.8) is 0 Å². The first-order valence-electron chi connectivity index (χ1n) is 6.09. The molecule has 0 spiro atoms. The molecule has 0 atom stereocenters. The Morgan fingerprint density at radius 1 is 1.11 bits per heavy atom. The van der Waals surface area contributed by atoms with Gasteiger partial charge in [-0.15, -0.1) is 0 Å². The Hall–Kier alpha value is -2.14. The monoisotopic (exact) mass is 258 g/mol. The Labute approximate surface area is 113 Å². The van der Waals surface area contributed by atoms with Crippen LogP contribution >= 0.6 is 0 Å². The van der Waals surface area contributed by atoms with Crippen molar-refractivity contribution in [2.45, 2.75) is 13.5 Å². The Balaban J connectivity index is 2.23. The molecular weight excluding hydrogens is 240 g/mol. The van der Waals surface area contributed by atoms with Gasteiger partial charge in [0.2, 0.25) is 0 Å². The first-order valence-corrected chi connectivity index (χ1v) is 6.09. The van der Waals surface area contributed by atoms with Gasteiger partial charge in [0.05, 0.1) is 0 Å². The number of aryl methyl sites for hydroxylation is 1. The van der Waals surface area contributed by atoms with E-state index in [9.17, 15) is 0 Å². The van der Waals surface area contributed by atoms with Gasteiger partial charge in [0, 0.05) is 25.9 Å². The summed E-state index contributed by atoms with van der Waals surface area (Å²) >= 11 is 0. The minimum Gasteiger partial charge on any atom is -0.377 e. The standard InChI is InChI=1S/C14H18N4O/c1-10-4-6-11(7-5-10)16-13-8-12(15-2)17-14(18-13)9-19-3/h4-8H,9H2,1-3H3,(H2,15,16,17,18). The van der Waals surface area contributed by atoms with Crippen molar-refractivity contribution in [1.29, 1.82) is 0 Å². The van der Waals surface area contributed by atoms with Crippen LogP contribution in [0.15, 0.2) is 30.3 Å². The third kappa shape index (κ3) is 3.66. The highest BCUT2D eigenvalue weighted by atomic mass is 16.5. The molecule has 1 aromatic heterocycles. The molecule has 1 aromatic carbocycles. The van der Waals surface area contributed by atoms with E-state index in [0.29, 0.717) is 12.4 Å². The van der Waals surface area contributed by atoms with Crippen LogP contribution in [-0.4, -0.2) is 24.1 Å². The van der Waals surface area contributed by atoms with Crippen LogP contribution in [0, 0.1) is 6.92 Å². The van der Waals surface area contributed by atoms with Crippen LogP contribution in [0.1, 0.15) is 11.4 Å². The molecule has 0 amide bonds. The lowest BCUT2D eigenvalue weighted by Crippen LogP contribution is -2.04. The summed E-state index contributed by atoms with van der Waals surface area (Å²) in [6.07, 6.45) is 0. The number of rotatable bonds is 5. The molecule has 0 unspecified atom stereocenters. The molecule has 0 aliphatic heterocycles. The number of hydrogen-bond donors (Lipinski definition) is 2. The van der Waals surface area contributed by atoms with Crippen molar-refractivity contribution >= 4 is 17.3 Å². The summed E-state index contributed by atoms with van der Waals surface area (Å²) in [6.45, 7) is 2.45. The summed E-state index contributed by atoms with van der Waals surface area (Å²) < 4.78 is 5.07. The van der Waals surface area contributed by atoms with E-state index < -0.39 is 0 Å². The molecular formula is C14H18N4O. The van der Waals surface area contributed by atoms with E-state index >= 15 is 0 Å². The SMILES string of the molecule is CNc1cc(Nc2ccc(C)cc2)nc(COC)n1. The third-order valence-corrected chi connectivity index (χ3v) is 2.63. The van der Waals surface area contributed by atoms with Crippen molar-refractivity contribution in [3.05, 3.63) is 41.7 Å². The zero-order valence-electron chi connectivity index (χ0n) is 11.4. The zero-order valence-corrected chi connectivity index (χ0v) is 11.4. The minimum atomic E-state index is 0.387. The second-order valence-corrected chi connectivity index (χ2v) is 4.23. The van der Waals surface area contributed by atoms with Crippen LogP contribution in [0.5, 0.6) is 0 Å². The van der Waals surface area contributed by atoms with E-state index in [1.54, 1.807) is 7.11 Å². The number of nitrogens with one attached hydrogen (secondary N) is 2. The van der Waals surface area contributed by atoms with Crippen molar-refractivity contribution in [3.8, 4) is 0 Å². The Morgan fingerprint density at radius 2 is 1.79 bits per heavy atom. The van der Waals surface area contributed by atoms with Gasteiger partial charge in [-0.2, -0.15) is 0 Å². The third-order valence-electron chi connectivity index (χ3n) is 2.63. The van der Waals surface area contributed by atoms with Crippen molar-refractivity contribution in [2.24, 2.45) is 0 Å². The fourth-order valence-corrected chi connectivity index (χ4v) is 1.67. The van der Waals surface area contributed by atoms with Crippen molar-refractivity contribution < 1.29 is 4.74 Å². The molecule has 100 valence electrons. The van der Waals surface area contributed by atoms with Gasteiger partial charge < -0.3 is 15.4 Å². The zero-order chi connectivity index (χ0) is 13.7. The second kappa shape index (κ2) is 6.15. The highest BCUT2D eigenvalue weighted by Crippen LogP contribution is 2.18. The topological polar surface area (TPSA) is 59.1 Å². The number of anilines is 3. The van der Waals surface area contributed by atoms with Gasteiger partial charge in [0.15, 0.2) is 5.82 Å².